The average Bonchev–Trinajstić information content (AvgIpc) is 3.00. The van der Waals surface area contributed by atoms with Crippen LogP contribution in [-0.4, -0.2) is 40.2 Å². The maximum absolute atomic E-state index is 14.7. The van der Waals surface area contributed by atoms with Crippen molar-refractivity contribution in [3.8, 4) is 6.07 Å². The molecule has 1 unspecified atom stereocenters. The van der Waals surface area contributed by atoms with Crippen LogP contribution in [0.15, 0.2) is 82.4 Å². The predicted molar refractivity (Wildman–Crippen MR) is 157 cm³/mol. The second-order valence-electron chi connectivity index (χ2n) is 10.5. The summed E-state index contributed by atoms with van der Waals surface area (Å²) in [6, 6.07) is 21.7. The molecule has 1 atom stereocenters. The largest absolute Gasteiger partial charge is 0.363 e. The molecule has 1 saturated heterocycles. The Hall–Kier alpha value is -4.59. The normalized spacial score (nSPS) is 14.5. The summed E-state index contributed by atoms with van der Waals surface area (Å²) in [5.41, 5.74) is 8.05. The van der Waals surface area contributed by atoms with Gasteiger partial charge in [0.25, 0.3) is 5.56 Å². The van der Waals surface area contributed by atoms with E-state index in [9.17, 15) is 23.6 Å². The van der Waals surface area contributed by atoms with Crippen molar-refractivity contribution in [2.45, 2.75) is 32.6 Å². The zero-order valence-electron chi connectivity index (χ0n) is 23.3. The summed E-state index contributed by atoms with van der Waals surface area (Å²) in [5, 5.41) is 9.21. The summed E-state index contributed by atoms with van der Waals surface area (Å²) in [5.74, 6) is -1.54. The SMILES string of the molecule is Cc1c(N2CCN(Cc3cccc(C#N)c3)CC2)c(=O)n(CC(N)c2ccccc2)c(=O)n1Cc1c(F)cccc1F. The first-order valence-corrected chi connectivity index (χ1v) is 13.8. The first kappa shape index (κ1) is 28.9. The smallest absolute Gasteiger partial charge is 0.331 e. The first-order valence-electron chi connectivity index (χ1n) is 13.8. The molecule has 1 aliphatic rings. The third-order valence-electron chi connectivity index (χ3n) is 7.79. The minimum absolute atomic E-state index is 0.0933. The molecule has 0 bridgehead atoms. The molecule has 5 rings (SSSR count). The topological polar surface area (TPSA) is 100 Å². The van der Waals surface area contributed by atoms with Crippen LogP contribution in [-0.2, 0) is 19.6 Å². The molecule has 1 aliphatic heterocycles. The van der Waals surface area contributed by atoms with Crippen LogP contribution in [0, 0.1) is 29.9 Å². The molecule has 42 heavy (non-hydrogen) atoms. The Balaban J connectivity index is 1.49. The van der Waals surface area contributed by atoms with E-state index in [0.29, 0.717) is 49.7 Å². The molecule has 216 valence electrons. The number of nitrogens with two attached hydrogens (primary N) is 1. The minimum atomic E-state index is -0.768. The lowest BCUT2D eigenvalue weighted by Crippen LogP contribution is -2.51. The minimum Gasteiger partial charge on any atom is -0.363 e. The fourth-order valence-corrected chi connectivity index (χ4v) is 5.47. The summed E-state index contributed by atoms with van der Waals surface area (Å²) in [6.45, 7) is 4.12. The third kappa shape index (κ3) is 6.03. The molecule has 2 N–H and O–H groups in total. The van der Waals surface area contributed by atoms with E-state index >= 15 is 0 Å². The van der Waals surface area contributed by atoms with E-state index in [1.54, 1.807) is 13.0 Å². The maximum atomic E-state index is 14.7. The predicted octanol–water partition coefficient (Wildman–Crippen LogP) is 3.54. The highest BCUT2D eigenvalue weighted by molar-refractivity contribution is 5.50. The number of hydrogen-bond donors (Lipinski definition) is 1. The molecule has 3 aromatic carbocycles. The van der Waals surface area contributed by atoms with Gasteiger partial charge in [-0.05, 0) is 42.3 Å². The molecular formula is C32H32F2N6O2. The van der Waals surface area contributed by atoms with Crippen LogP contribution in [0.5, 0.6) is 0 Å². The molecule has 1 fully saturated rings. The Morgan fingerprint density at radius 2 is 1.55 bits per heavy atom. The number of anilines is 1. The van der Waals surface area contributed by atoms with E-state index in [-0.39, 0.29) is 18.7 Å². The van der Waals surface area contributed by atoms with Gasteiger partial charge in [0.15, 0.2) is 0 Å². The monoisotopic (exact) mass is 570 g/mol. The molecule has 0 amide bonds. The van der Waals surface area contributed by atoms with Crippen LogP contribution in [0.1, 0.15) is 34.0 Å². The van der Waals surface area contributed by atoms with Crippen LogP contribution in [0.2, 0.25) is 0 Å². The third-order valence-corrected chi connectivity index (χ3v) is 7.79. The highest BCUT2D eigenvalue weighted by Crippen LogP contribution is 2.21. The molecule has 0 radical (unpaired) electrons. The second kappa shape index (κ2) is 12.5. The van der Waals surface area contributed by atoms with E-state index in [0.717, 1.165) is 27.8 Å². The van der Waals surface area contributed by atoms with Crippen molar-refractivity contribution in [3.05, 3.63) is 133 Å². The maximum Gasteiger partial charge on any atom is 0.331 e. The number of nitriles is 1. The standard InChI is InChI=1S/C32H32F2N6O2/c1-22-30(38-15-13-37(14-16-38)19-24-8-5-7-23(17-24)18-35)31(41)40(21-29(36)25-9-3-2-4-10-25)32(42)39(22)20-26-27(33)11-6-12-28(26)34/h2-12,17,29H,13-16,19-21,36H2,1H3. The van der Waals surface area contributed by atoms with E-state index in [4.69, 9.17) is 5.73 Å². The van der Waals surface area contributed by atoms with Crippen molar-refractivity contribution in [2.75, 3.05) is 31.1 Å². The highest BCUT2D eigenvalue weighted by Gasteiger charge is 2.26. The van der Waals surface area contributed by atoms with Crippen LogP contribution >= 0.6 is 0 Å². The van der Waals surface area contributed by atoms with Gasteiger partial charge in [-0.15, -0.1) is 0 Å². The number of aromatic nitrogens is 2. The fourth-order valence-electron chi connectivity index (χ4n) is 5.47. The highest BCUT2D eigenvalue weighted by atomic mass is 19.1. The van der Waals surface area contributed by atoms with E-state index < -0.39 is 28.9 Å². The first-order chi connectivity index (χ1) is 20.3. The average molecular weight is 571 g/mol. The number of halogens is 2. The van der Waals surface area contributed by atoms with Gasteiger partial charge in [0.05, 0.1) is 24.7 Å². The lowest BCUT2D eigenvalue weighted by Gasteiger charge is -2.37. The van der Waals surface area contributed by atoms with E-state index in [1.807, 2.05) is 53.4 Å². The van der Waals surface area contributed by atoms with Crippen molar-refractivity contribution in [3.63, 3.8) is 0 Å². The van der Waals surface area contributed by atoms with Gasteiger partial charge in [-0.25, -0.2) is 13.6 Å². The molecule has 1 aromatic heterocycles. The lowest BCUT2D eigenvalue weighted by molar-refractivity contribution is 0.249. The second-order valence-corrected chi connectivity index (χ2v) is 10.5. The summed E-state index contributed by atoms with van der Waals surface area (Å²) >= 11 is 0. The van der Waals surface area contributed by atoms with Gasteiger partial charge in [-0.1, -0.05) is 48.5 Å². The van der Waals surface area contributed by atoms with Gasteiger partial charge >= 0.3 is 5.69 Å². The van der Waals surface area contributed by atoms with Gasteiger partial charge in [0.2, 0.25) is 0 Å². The van der Waals surface area contributed by atoms with Crippen LogP contribution in [0.3, 0.4) is 0 Å². The van der Waals surface area contributed by atoms with Crippen LogP contribution in [0.25, 0.3) is 0 Å². The molecule has 0 spiro atoms. The van der Waals surface area contributed by atoms with Gasteiger partial charge in [-0.3, -0.25) is 18.8 Å². The number of benzene rings is 3. The quantitative estimate of drug-likeness (QED) is 0.348. The Bertz CT molecular complexity index is 1720. The van der Waals surface area contributed by atoms with Crippen molar-refractivity contribution >= 4 is 5.69 Å². The Morgan fingerprint density at radius 1 is 0.881 bits per heavy atom. The molecule has 8 nitrogen and oxygen atoms in total. The number of nitrogens with zero attached hydrogens (tertiary/aromatic N) is 5. The van der Waals surface area contributed by atoms with Crippen molar-refractivity contribution in [1.29, 1.82) is 5.26 Å². The summed E-state index contributed by atoms with van der Waals surface area (Å²) in [6.07, 6.45) is 0. The Morgan fingerprint density at radius 3 is 2.21 bits per heavy atom. The van der Waals surface area contributed by atoms with Gasteiger partial charge < -0.3 is 10.6 Å². The van der Waals surface area contributed by atoms with Crippen molar-refractivity contribution in [2.24, 2.45) is 5.73 Å². The zero-order chi connectivity index (χ0) is 29.8. The number of piperazine rings is 1. The summed E-state index contributed by atoms with van der Waals surface area (Å²) in [7, 11) is 0. The van der Waals surface area contributed by atoms with Gasteiger partial charge in [0.1, 0.15) is 17.3 Å². The van der Waals surface area contributed by atoms with Crippen molar-refractivity contribution in [1.82, 2.24) is 14.0 Å². The fraction of sp³-hybridized carbons (Fsp3) is 0.281. The molecule has 10 heteroatoms. The molecule has 2 heterocycles. The van der Waals surface area contributed by atoms with E-state index in [2.05, 4.69) is 11.0 Å². The van der Waals surface area contributed by atoms with E-state index in [1.165, 1.54) is 10.6 Å². The number of rotatable bonds is 8. The van der Waals surface area contributed by atoms with Crippen LogP contribution in [0.4, 0.5) is 14.5 Å². The Kier molecular flexibility index (Phi) is 8.61. The molecule has 4 aromatic rings. The summed E-state index contributed by atoms with van der Waals surface area (Å²) in [4.78, 5) is 31.8. The molecular weight excluding hydrogens is 538 g/mol. The molecule has 0 saturated carbocycles. The number of hydrogen-bond acceptors (Lipinski definition) is 6. The Labute approximate surface area is 242 Å². The van der Waals surface area contributed by atoms with Gasteiger partial charge in [-0.2, -0.15) is 5.26 Å². The molecule has 0 aliphatic carbocycles. The summed E-state index contributed by atoms with van der Waals surface area (Å²) < 4.78 is 31.7. The lowest BCUT2D eigenvalue weighted by atomic mass is 10.1. The van der Waals surface area contributed by atoms with Crippen LogP contribution < -0.4 is 21.9 Å². The zero-order valence-corrected chi connectivity index (χ0v) is 23.3. The van der Waals surface area contributed by atoms with Crippen molar-refractivity contribution < 1.29 is 8.78 Å². The van der Waals surface area contributed by atoms with Gasteiger partial charge in [0, 0.05) is 50.0 Å².